The summed E-state index contributed by atoms with van der Waals surface area (Å²) in [6.07, 6.45) is 1.06. The summed E-state index contributed by atoms with van der Waals surface area (Å²) in [5, 5.41) is 3.25. The van der Waals surface area contributed by atoms with Crippen molar-refractivity contribution in [2.45, 2.75) is 32.7 Å². The van der Waals surface area contributed by atoms with E-state index in [1.54, 1.807) is 0 Å². The Labute approximate surface area is 136 Å². The molecule has 1 heterocycles. The number of imide groups is 1. The van der Waals surface area contributed by atoms with Gasteiger partial charge in [-0.3, -0.25) is 9.59 Å². The third-order valence-corrected chi connectivity index (χ3v) is 4.23. The molecule has 23 heavy (non-hydrogen) atoms. The van der Waals surface area contributed by atoms with Gasteiger partial charge in [0.15, 0.2) is 0 Å². The summed E-state index contributed by atoms with van der Waals surface area (Å²) < 4.78 is 0. The number of amides is 2. The zero-order valence-electron chi connectivity index (χ0n) is 13.4. The minimum absolute atomic E-state index is 0.157. The number of anilines is 2. The molecule has 118 valence electrons. The van der Waals surface area contributed by atoms with Crippen molar-refractivity contribution in [2.24, 2.45) is 0 Å². The van der Waals surface area contributed by atoms with Gasteiger partial charge in [0.1, 0.15) is 6.04 Å². The van der Waals surface area contributed by atoms with Crippen LogP contribution in [0.2, 0.25) is 0 Å². The molecule has 1 unspecified atom stereocenters. The summed E-state index contributed by atoms with van der Waals surface area (Å²) in [6.45, 7) is 3.98. The number of hydrogen-bond acceptors (Lipinski definition) is 3. The minimum atomic E-state index is -0.505. The molecule has 0 radical (unpaired) electrons. The molecule has 2 aromatic carbocycles. The largest absolute Gasteiger partial charge is 0.373 e. The van der Waals surface area contributed by atoms with Gasteiger partial charge in [0.25, 0.3) is 5.91 Å². The van der Waals surface area contributed by atoms with Crippen LogP contribution in [0.15, 0.2) is 48.5 Å². The molecule has 1 saturated heterocycles. The Morgan fingerprint density at radius 2 is 1.78 bits per heavy atom. The maximum Gasteiger partial charge on any atom is 0.256 e. The van der Waals surface area contributed by atoms with Crippen LogP contribution in [-0.4, -0.2) is 17.9 Å². The van der Waals surface area contributed by atoms with Crippen molar-refractivity contribution in [1.82, 2.24) is 0 Å². The minimum Gasteiger partial charge on any atom is -0.373 e. The first-order valence-corrected chi connectivity index (χ1v) is 7.88. The fourth-order valence-electron chi connectivity index (χ4n) is 2.97. The van der Waals surface area contributed by atoms with E-state index in [0.29, 0.717) is 5.69 Å². The molecule has 4 heteroatoms. The summed E-state index contributed by atoms with van der Waals surface area (Å²) in [5.74, 6) is -0.342. The van der Waals surface area contributed by atoms with E-state index in [0.717, 1.165) is 23.2 Å². The Hall–Kier alpha value is -2.62. The second kappa shape index (κ2) is 6.24. The van der Waals surface area contributed by atoms with Crippen LogP contribution in [0.25, 0.3) is 0 Å². The SMILES string of the molecule is CCc1ccccc1NC1CC(=O)N(c2ccccc2C)C1=O. The van der Waals surface area contributed by atoms with Crippen molar-refractivity contribution in [3.05, 3.63) is 59.7 Å². The van der Waals surface area contributed by atoms with Crippen molar-refractivity contribution in [3.63, 3.8) is 0 Å². The second-order valence-corrected chi connectivity index (χ2v) is 5.77. The van der Waals surface area contributed by atoms with Gasteiger partial charge in [0.2, 0.25) is 5.91 Å². The number of rotatable bonds is 4. The van der Waals surface area contributed by atoms with Crippen LogP contribution in [0.1, 0.15) is 24.5 Å². The Bertz CT molecular complexity index is 755. The highest BCUT2D eigenvalue weighted by Crippen LogP contribution is 2.28. The summed E-state index contributed by atoms with van der Waals surface area (Å²) >= 11 is 0. The Morgan fingerprint density at radius 3 is 2.52 bits per heavy atom. The normalized spacial score (nSPS) is 17.7. The molecule has 0 bridgehead atoms. The third-order valence-electron chi connectivity index (χ3n) is 4.23. The van der Waals surface area contributed by atoms with E-state index in [4.69, 9.17) is 0 Å². The first kappa shape index (κ1) is 15.3. The smallest absolute Gasteiger partial charge is 0.256 e. The molecule has 0 spiro atoms. The van der Waals surface area contributed by atoms with E-state index in [1.165, 1.54) is 4.90 Å². The number of nitrogens with zero attached hydrogens (tertiary/aromatic N) is 1. The quantitative estimate of drug-likeness (QED) is 0.882. The number of benzene rings is 2. The van der Waals surface area contributed by atoms with Crippen molar-refractivity contribution in [3.8, 4) is 0 Å². The highest BCUT2D eigenvalue weighted by molar-refractivity contribution is 6.23. The summed E-state index contributed by atoms with van der Waals surface area (Å²) in [6, 6.07) is 14.8. The average molecular weight is 308 g/mol. The van der Waals surface area contributed by atoms with E-state index >= 15 is 0 Å². The van der Waals surface area contributed by atoms with Gasteiger partial charge in [-0.2, -0.15) is 0 Å². The number of para-hydroxylation sites is 2. The zero-order chi connectivity index (χ0) is 16.4. The molecule has 0 saturated carbocycles. The number of nitrogens with one attached hydrogen (secondary N) is 1. The molecule has 3 rings (SSSR count). The van der Waals surface area contributed by atoms with Gasteiger partial charge in [0, 0.05) is 5.69 Å². The van der Waals surface area contributed by atoms with Gasteiger partial charge < -0.3 is 5.32 Å². The van der Waals surface area contributed by atoms with E-state index in [2.05, 4.69) is 12.2 Å². The molecule has 0 aromatic heterocycles. The fourth-order valence-corrected chi connectivity index (χ4v) is 2.97. The standard InChI is InChI=1S/C19H20N2O2/c1-3-14-9-5-6-10-15(14)20-16-12-18(22)21(19(16)23)17-11-7-4-8-13(17)2/h4-11,16,20H,3,12H2,1-2H3. The molecule has 1 fully saturated rings. The molecule has 1 aliphatic rings. The van der Waals surface area contributed by atoms with Gasteiger partial charge in [-0.25, -0.2) is 4.90 Å². The maximum atomic E-state index is 12.7. The van der Waals surface area contributed by atoms with Crippen LogP contribution < -0.4 is 10.2 Å². The van der Waals surface area contributed by atoms with Gasteiger partial charge >= 0.3 is 0 Å². The average Bonchev–Trinajstić information content (AvgIpc) is 2.83. The fraction of sp³-hybridized carbons (Fsp3) is 0.263. The first-order valence-electron chi connectivity index (χ1n) is 7.88. The van der Waals surface area contributed by atoms with E-state index in [9.17, 15) is 9.59 Å². The number of aryl methyl sites for hydroxylation is 2. The van der Waals surface area contributed by atoms with Gasteiger partial charge in [0.05, 0.1) is 12.1 Å². The van der Waals surface area contributed by atoms with Crippen LogP contribution in [0.4, 0.5) is 11.4 Å². The number of carbonyl (C=O) groups is 2. The van der Waals surface area contributed by atoms with Crippen molar-refractivity contribution in [2.75, 3.05) is 10.2 Å². The van der Waals surface area contributed by atoms with E-state index in [-0.39, 0.29) is 18.2 Å². The predicted molar refractivity (Wildman–Crippen MR) is 91.5 cm³/mol. The maximum absolute atomic E-state index is 12.7. The zero-order valence-corrected chi connectivity index (χ0v) is 13.4. The van der Waals surface area contributed by atoms with Crippen LogP contribution in [0, 0.1) is 6.92 Å². The molecule has 0 aliphatic carbocycles. The predicted octanol–water partition coefficient (Wildman–Crippen LogP) is 3.30. The molecule has 1 atom stereocenters. The van der Waals surface area contributed by atoms with Gasteiger partial charge in [-0.05, 0) is 36.6 Å². The monoisotopic (exact) mass is 308 g/mol. The van der Waals surface area contributed by atoms with Crippen molar-refractivity contribution >= 4 is 23.2 Å². The topological polar surface area (TPSA) is 49.4 Å². The highest BCUT2D eigenvalue weighted by Gasteiger charge is 2.40. The van der Waals surface area contributed by atoms with Crippen LogP contribution in [0.5, 0.6) is 0 Å². The van der Waals surface area contributed by atoms with Crippen molar-refractivity contribution in [1.29, 1.82) is 0 Å². The molecule has 1 N–H and O–H groups in total. The summed E-state index contributed by atoms with van der Waals surface area (Å²) in [5.41, 5.74) is 3.66. The molecular weight excluding hydrogens is 288 g/mol. The van der Waals surface area contributed by atoms with Crippen LogP contribution in [0.3, 0.4) is 0 Å². The number of hydrogen-bond donors (Lipinski definition) is 1. The molecule has 2 amide bonds. The number of carbonyl (C=O) groups excluding carboxylic acids is 2. The Morgan fingerprint density at radius 1 is 1.09 bits per heavy atom. The lowest BCUT2D eigenvalue weighted by molar-refractivity contribution is -0.121. The van der Waals surface area contributed by atoms with Crippen molar-refractivity contribution < 1.29 is 9.59 Å². The highest BCUT2D eigenvalue weighted by atomic mass is 16.2. The van der Waals surface area contributed by atoms with Gasteiger partial charge in [-0.15, -0.1) is 0 Å². The first-order chi connectivity index (χ1) is 11.1. The van der Waals surface area contributed by atoms with Crippen LogP contribution in [-0.2, 0) is 16.0 Å². The lowest BCUT2D eigenvalue weighted by Crippen LogP contribution is -2.35. The summed E-state index contributed by atoms with van der Waals surface area (Å²) in [4.78, 5) is 26.4. The Kier molecular flexibility index (Phi) is 4.15. The lowest BCUT2D eigenvalue weighted by Gasteiger charge is -2.18. The third kappa shape index (κ3) is 2.84. The van der Waals surface area contributed by atoms with E-state index < -0.39 is 6.04 Å². The second-order valence-electron chi connectivity index (χ2n) is 5.77. The molecule has 1 aliphatic heterocycles. The molecular formula is C19H20N2O2. The molecule has 2 aromatic rings. The van der Waals surface area contributed by atoms with E-state index in [1.807, 2.05) is 55.5 Å². The Balaban J connectivity index is 1.86. The van der Waals surface area contributed by atoms with Crippen LogP contribution >= 0.6 is 0 Å². The van der Waals surface area contributed by atoms with Gasteiger partial charge in [-0.1, -0.05) is 43.3 Å². The lowest BCUT2D eigenvalue weighted by atomic mass is 10.1. The summed E-state index contributed by atoms with van der Waals surface area (Å²) in [7, 11) is 0. The molecule has 4 nitrogen and oxygen atoms in total.